The zero-order valence-electron chi connectivity index (χ0n) is 17.6. The van der Waals surface area contributed by atoms with Crippen molar-refractivity contribution in [3.8, 4) is 0 Å². The number of carbonyl (C=O) groups excluding carboxylic acids is 1. The lowest BCUT2D eigenvalue weighted by molar-refractivity contribution is 0.0991. The number of carbonyl (C=O) groups is 1. The highest BCUT2D eigenvalue weighted by Crippen LogP contribution is 2.20. The fourth-order valence-electron chi connectivity index (χ4n) is 3.30. The van der Waals surface area contributed by atoms with Crippen LogP contribution in [0.5, 0.6) is 0 Å². The number of ether oxygens (including phenoxy) is 1. The second kappa shape index (κ2) is 10.2. The molecule has 0 unspecified atom stereocenters. The number of hydrogen-bond acceptors (Lipinski definition) is 9. The normalized spacial score (nSPS) is 14.4. The van der Waals surface area contributed by atoms with Gasteiger partial charge in [0, 0.05) is 39.8 Å². The number of piperazine rings is 1. The summed E-state index contributed by atoms with van der Waals surface area (Å²) < 4.78 is 24.1. The third kappa shape index (κ3) is 5.37. The fourth-order valence-corrected chi connectivity index (χ4v) is 3.30. The zero-order valence-corrected chi connectivity index (χ0v) is 17.6. The molecule has 32 heavy (non-hydrogen) atoms. The number of benzene rings is 1. The van der Waals surface area contributed by atoms with E-state index in [1.54, 1.807) is 31.5 Å². The van der Waals surface area contributed by atoms with Gasteiger partial charge in [-0.2, -0.15) is 0 Å². The Labute approximate surface area is 184 Å². The van der Waals surface area contributed by atoms with Gasteiger partial charge in [-0.3, -0.25) is 9.69 Å². The summed E-state index contributed by atoms with van der Waals surface area (Å²) in [5, 5.41) is 12.7. The topological polar surface area (TPSA) is 109 Å². The summed E-state index contributed by atoms with van der Waals surface area (Å²) in [6, 6.07) is 9.59. The first-order valence-electron chi connectivity index (χ1n) is 10.2. The Balaban J connectivity index is 1.31. The molecule has 2 N–H and O–H groups in total. The van der Waals surface area contributed by atoms with Gasteiger partial charge in [0.25, 0.3) is 0 Å². The van der Waals surface area contributed by atoms with Crippen molar-refractivity contribution in [2.24, 2.45) is 0 Å². The van der Waals surface area contributed by atoms with Gasteiger partial charge in [-0.15, -0.1) is 5.10 Å². The van der Waals surface area contributed by atoms with Gasteiger partial charge in [-0.1, -0.05) is 17.2 Å². The number of anilines is 4. The van der Waals surface area contributed by atoms with Crippen LogP contribution < -0.4 is 15.5 Å². The second-order valence-corrected chi connectivity index (χ2v) is 7.20. The molecule has 0 spiro atoms. The van der Waals surface area contributed by atoms with E-state index in [4.69, 9.17) is 9.15 Å². The summed E-state index contributed by atoms with van der Waals surface area (Å²) >= 11 is 0. The maximum absolute atomic E-state index is 13.7. The highest BCUT2D eigenvalue weighted by Gasteiger charge is 2.19. The molecular weight excluding hydrogens is 417 g/mol. The highest BCUT2D eigenvalue weighted by molar-refractivity contribution is 6.00. The molecule has 1 fully saturated rings. The van der Waals surface area contributed by atoms with Crippen molar-refractivity contribution >= 4 is 29.1 Å². The van der Waals surface area contributed by atoms with Crippen LogP contribution in [0.4, 0.5) is 27.6 Å². The Kier molecular flexibility index (Phi) is 6.87. The first-order valence-corrected chi connectivity index (χ1v) is 10.2. The van der Waals surface area contributed by atoms with Crippen molar-refractivity contribution in [2.45, 2.75) is 0 Å². The largest absolute Gasteiger partial charge is 0.399 e. The van der Waals surface area contributed by atoms with Crippen LogP contribution in [-0.4, -0.2) is 72.4 Å². The molecule has 0 atom stereocenters. The molecule has 1 aliphatic rings. The summed E-state index contributed by atoms with van der Waals surface area (Å²) in [6.07, 6.45) is 1.58. The summed E-state index contributed by atoms with van der Waals surface area (Å²) in [5.41, 5.74) is 0.668. The van der Waals surface area contributed by atoms with E-state index >= 15 is 0 Å². The van der Waals surface area contributed by atoms with Crippen molar-refractivity contribution in [3.63, 3.8) is 0 Å². The van der Waals surface area contributed by atoms with Crippen LogP contribution in [0.25, 0.3) is 0 Å². The van der Waals surface area contributed by atoms with Gasteiger partial charge >= 0.3 is 17.8 Å². The van der Waals surface area contributed by atoms with Crippen molar-refractivity contribution in [1.29, 1.82) is 0 Å². The fraction of sp³-hybridized carbons (Fsp3) is 0.333. The Morgan fingerprint density at radius 3 is 2.69 bits per heavy atom. The lowest BCUT2D eigenvalue weighted by atomic mass is 10.3. The molecule has 0 bridgehead atoms. The number of aromatic nitrogens is 3. The summed E-state index contributed by atoms with van der Waals surface area (Å²) in [5.74, 6) is -0.455. The standard InChI is InChI=1S/C21H24FN7O3/c1-31-13-12-28-8-10-29(11-9-28)18-7-6-15(14-23-18)24-19(30)20-26-27-21(32-20)25-17-5-3-2-4-16(17)22/h2-7,14H,8-13H2,1H3,(H,24,30)(H,25,27). The Morgan fingerprint density at radius 2 is 1.97 bits per heavy atom. The van der Waals surface area contributed by atoms with Crippen LogP contribution in [0.15, 0.2) is 47.0 Å². The van der Waals surface area contributed by atoms with E-state index < -0.39 is 11.7 Å². The van der Waals surface area contributed by atoms with E-state index in [-0.39, 0.29) is 17.6 Å². The van der Waals surface area contributed by atoms with E-state index in [0.717, 1.165) is 45.1 Å². The Bertz CT molecular complexity index is 1040. The van der Waals surface area contributed by atoms with Crippen molar-refractivity contribution in [1.82, 2.24) is 20.1 Å². The maximum Gasteiger partial charge on any atom is 0.320 e. The van der Waals surface area contributed by atoms with Gasteiger partial charge < -0.3 is 24.7 Å². The van der Waals surface area contributed by atoms with Crippen molar-refractivity contribution in [3.05, 3.63) is 54.3 Å². The molecule has 2 aromatic heterocycles. The minimum absolute atomic E-state index is 0.0848. The maximum atomic E-state index is 13.7. The molecule has 1 aliphatic heterocycles. The molecule has 3 aromatic rings. The minimum atomic E-state index is -0.583. The zero-order chi connectivity index (χ0) is 22.3. The molecule has 0 aliphatic carbocycles. The van der Waals surface area contributed by atoms with Gasteiger partial charge in [-0.25, -0.2) is 9.37 Å². The summed E-state index contributed by atoms with van der Waals surface area (Å²) in [4.78, 5) is 21.4. The van der Waals surface area contributed by atoms with Gasteiger partial charge in [0.1, 0.15) is 11.6 Å². The van der Waals surface area contributed by atoms with E-state index in [9.17, 15) is 9.18 Å². The molecular formula is C21H24FN7O3. The minimum Gasteiger partial charge on any atom is -0.399 e. The lowest BCUT2D eigenvalue weighted by Crippen LogP contribution is -2.47. The van der Waals surface area contributed by atoms with Gasteiger partial charge in [-0.05, 0) is 24.3 Å². The quantitative estimate of drug-likeness (QED) is 0.544. The number of amides is 1. The predicted octanol–water partition coefficient (Wildman–Crippen LogP) is 2.37. The van der Waals surface area contributed by atoms with Crippen LogP contribution in [0.1, 0.15) is 10.7 Å². The molecule has 0 saturated carbocycles. The molecule has 0 radical (unpaired) electrons. The van der Waals surface area contributed by atoms with Crippen LogP contribution in [0.2, 0.25) is 0 Å². The Morgan fingerprint density at radius 1 is 1.16 bits per heavy atom. The van der Waals surface area contributed by atoms with E-state index in [1.165, 1.54) is 12.1 Å². The second-order valence-electron chi connectivity index (χ2n) is 7.20. The van der Waals surface area contributed by atoms with Crippen LogP contribution in [0.3, 0.4) is 0 Å². The molecule has 1 aromatic carbocycles. The Hall–Kier alpha value is -3.57. The van der Waals surface area contributed by atoms with E-state index in [0.29, 0.717) is 5.69 Å². The predicted molar refractivity (Wildman–Crippen MR) is 117 cm³/mol. The molecule has 1 amide bonds. The lowest BCUT2D eigenvalue weighted by Gasteiger charge is -2.35. The third-order valence-electron chi connectivity index (χ3n) is 5.05. The monoisotopic (exact) mass is 441 g/mol. The van der Waals surface area contributed by atoms with E-state index in [2.05, 4.69) is 35.6 Å². The molecule has 10 nitrogen and oxygen atoms in total. The first-order chi connectivity index (χ1) is 15.6. The average molecular weight is 441 g/mol. The number of rotatable bonds is 8. The molecule has 4 rings (SSSR count). The van der Waals surface area contributed by atoms with Crippen molar-refractivity contribution < 1.29 is 18.3 Å². The van der Waals surface area contributed by atoms with Crippen LogP contribution in [-0.2, 0) is 4.74 Å². The molecule has 1 saturated heterocycles. The number of pyridine rings is 1. The number of halogens is 1. The number of nitrogens with zero attached hydrogens (tertiary/aromatic N) is 5. The smallest absolute Gasteiger partial charge is 0.320 e. The van der Waals surface area contributed by atoms with Crippen LogP contribution in [0, 0.1) is 5.82 Å². The third-order valence-corrected chi connectivity index (χ3v) is 5.05. The highest BCUT2D eigenvalue weighted by atomic mass is 19.1. The molecule has 11 heteroatoms. The summed E-state index contributed by atoms with van der Waals surface area (Å²) in [7, 11) is 1.71. The van der Waals surface area contributed by atoms with Crippen LogP contribution >= 0.6 is 0 Å². The van der Waals surface area contributed by atoms with Gasteiger partial charge in [0.2, 0.25) is 0 Å². The number of methoxy groups -OCH3 is 1. The van der Waals surface area contributed by atoms with Gasteiger partial charge in [0.05, 0.1) is 24.2 Å². The summed E-state index contributed by atoms with van der Waals surface area (Å²) in [6.45, 7) is 5.31. The molecule has 168 valence electrons. The SMILES string of the molecule is COCCN1CCN(c2ccc(NC(=O)c3nnc(Nc4ccccc4F)o3)cn2)CC1. The van der Waals surface area contributed by atoms with E-state index in [1.807, 2.05) is 6.07 Å². The number of nitrogens with one attached hydrogen (secondary N) is 2. The van der Waals surface area contributed by atoms with Crippen molar-refractivity contribution in [2.75, 3.05) is 62.0 Å². The van der Waals surface area contributed by atoms with Gasteiger partial charge in [0.15, 0.2) is 0 Å². The first kappa shape index (κ1) is 21.7. The average Bonchev–Trinajstić information content (AvgIpc) is 3.29. The number of para-hydroxylation sites is 1. The molecule has 3 heterocycles. The number of hydrogen-bond donors (Lipinski definition) is 2.